The van der Waals surface area contributed by atoms with Gasteiger partial charge in [0.15, 0.2) is 0 Å². The van der Waals surface area contributed by atoms with Crippen molar-refractivity contribution in [3.8, 4) is 0 Å². The lowest BCUT2D eigenvalue weighted by atomic mass is 10.4. The zero-order valence-corrected chi connectivity index (χ0v) is 13.2. The second-order valence-electron chi connectivity index (χ2n) is 3.56. The van der Waals surface area contributed by atoms with Crippen LogP contribution in [0, 0.1) is 0 Å². The first-order chi connectivity index (χ1) is 9.01. The first kappa shape index (κ1) is 18.3. The first-order valence-corrected chi connectivity index (χ1v) is 8.03. The van der Waals surface area contributed by atoms with E-state index in [9.17, 15) is 4.79 Å². The molecule has 0 aromatic carbocycles. The van der Waals surface area contributed by atoms with E-state index in [0.717, 1.165) is 0 Å². The normalized spacial score (nSPS) is 11.4. The fourth-order valence-electron chi connectivity index (χ4n) is 1.20. The molecule has 0 aromatic heterocycles. The van der Waals surface area contributed by atoms with Crippen LogP contribution in [0.15, 0.2) is 12.2 Å². The topological polar surface area (TPSA) is 63.2 Å². The molecule has 0 aliphatic heterocycles. The smallest absolute Gasteiger partial charge is 0.460 e. The number of carbonyl (C=O) groups is 1. The van der Waals surface area contributed by atoms with Crippen LogP contribution in [0.4, 0.5) is 0 Å². The number of hydrogen-bond donors (Lipinski definition) is 0. The maximum absolute atomic E-state index is 11.2. The van der Waals surface area contributed by atoms with Gasteiger partial charge in [0.25, 0.3) is 0 Å². The van der Waals surface area contributed by atoms with E-state index in [2.05, 4.69) is 6.58 Å². The van der Waals surface area contributed by atoms with Gasteiger partial charge in [-0.2, -0.15) is 0 Å². The Hall–Kier alpha value is -0.733. The molecule has 0 saturated heterocycles. The molecule has 0 radical (unpaired) electrons. The molecule has 0 aliphatic carbocycles. The van der Waals surface area contributed by atoms with Gasteiger partial charge in [0.05, 0.1) is 6.61 Å². The number of rotatable bonds is 11. The summed E-state index contributed by atoms with van der Waals surface area (Å²) < 4.78 is 26.9. The maximum Gasteiger partial charge on any atom is 0.679 e. The third-order valence-electron chi connectivity index (χ3n) is 1.91. The van der Waals surface area contributed by atoms with Gasteiger partial charge in [0.2, 0.25) is 0 Å². The van der Waals surface area contributed by atoms with Crippen LogP contribution in [0.2, 0.25) is 0 Å². The molecule has 0 spiro atoms. The zero-order valence-electron chi connectivity index (χ0n) is 12.2. The van der Waals surface area contributed by atoms with Gasteiger partial charge >= 0.3 is 15.0 Å². The number of ether oxygens (including phenoxy) is 1. The molecule has 0 bridgehead atoms. The van der Waals surface area contributed by atoms with E-state index < -0.39 is 15.0 Å². The van der Waals surface area contributed by atoms with Gasteiger partial charge in [0, 0.05) is 25.4 Å². The minimum atomic E-state index is -3.11. The van der Waals surface area contributed by atoms with E-state index in [1.54, 1.807) is 6.92 Å². The summed E-state index contributed by atoms with van der Waals surface area (Å²) in [5.74, 6) is -0.444. The Morgan fingerprint density at radius 2 is 1.42 bits per heavy atom. The Balaban J connectivity index is 4.24. The standard InChI is InChI=1S/C12H24O6Si/c1-6-15-19(16-7-2,17-8-3)18-10-9-14-12(13)11(4)5/h4,6-10H2,1-3,5H3. The Kier molecular flexibility index (Phi) is 9.71. The minimum absolute atomic E-state index is 0.105. The molecule has 19 heavy (non-hydrogen) atoms. The third kappa shape index (κ3) is 7.43. The van der Waals surface area contributed by atoms with Gasteiger partial charge in [0.1, 0.15) is 6.61 Å². The Morgan fingerprint density at radius 1 is 0.947 bits per heavy atom. The highest BCUT2D eigenvalue weighted by molar-refractivity contribution is 6.53. The molecule has 0 fully saturated rings. The fourth-order valence-corrected chi connectivity index (χ4v) is 3.10. The molecule has 0 heterocycles. The molecule has 0 unspecified atom stereocenters. The molecular weight excluding hydrogens is 268 g/mol. The van der Waals surface area contributed by atoms with E-state index in [-0.39, 0.29) is 13.2 Å². The van der Waals surface area contributed by atoms with Gasteiger partial charge in [-0.15, -0.1) is 0 Å². The molecule has 0 N–H and O–H groups in total. The Bertz CT molecular complexity index is 264. The average Bonchev–Trinajstić information content (AvgIpc) is 2.35. The van der Waals surface area contributed by atoms with Crippen LogP contribution in [0.3, 0.4) is 0 Å². The summed E-state index contributed by atoms with van der Waals surface area (Å²) in [5.41, 5.74) is 0.350. The molecule has 0 aromatic rings. The molecule has 0 atom stereocenters. The van der Waals surface area contributed by atoms with Gasteiger partial charge < -0.3 is 22.4 Å². The van der Waals surface area contributed by atoms with Crippen LogP contribution in [0.5, 0.6) is 0 Å². The highest BCUT2D eigenvalue weighted by Gasteiger charge is 2.44. The molecule has 7 heteroatoms. The van der Waals surface area contributed by atoms with E-state index >= 15 is 0 Å². The van der Waals surface area contributed by atoms with E-state index in [1.807, 2.05) is 20.8 Å². The predicted octanol–water partition coefficient (Wildman–Crippen LogP) is 1.67. The van der Waals surface area contributed by atoms with Crippen LogP contribution in [-0.4, -0.2) is 48.1 Å². The van der Waals surface area contributed by atoms with Crippen LogP contribution < -0.4 is 0 Å². The van der Waals surface area contributed by atoms with Crippen molar-refractivity contribution in [2.45, 2.75) is 27.7 Å². The van der Waals surface area contributed by atoms with Crippen LogP contribution in [0.1, 0.15) is 27.7 Å². The van der Waals surface area contributed by atoms with Crippen molar-refractivity contribution in [1.29, 1.82) is 0 Å². The molecule has 0 saturated carbocycles. The van der Waals surface area contributed by atoms with Gasteiger partial charge in [-0.05, 0) is 27.7 Å². The van der Waals surface area contributed by atoms with Crippen LogP contribution in [-0.2, 0) is 27.2 Å². The summed E-state index contributed by atoms with van der Waals surface area (Å²) in [7, 11) is -3.11. The predicted molar refractivity (Wildman–Crippen MR) is 72.4 cm³/mol. The van der Waals surface area contributed by atoms with Crippen molar-refractivity contribution in [1.82, 2.24) is 0 Å². The number of hydrogen-bond acceptors (Lipinski definition) is 6. The van der Waals surface area contributed by atoms with Crippen molar-refractivity contribution in [2.75, 3.05) is 33.0 Å². The highest BCUT2D eigenvalue weighted by Crippen LogP contribution is 2.11. The van der Waals surface area contributed by atoms with E-state index in [0.29, 0.717) is 25.4 Å². The van der Waals surface area contributed by atoms with Crippen molar-refractivity contribution in [3.63, 3.8) is 0 Å². The van der Waals surface area contributed by atoms with Gasteiger partial charge in [-0.1, -0.05) is 6.58 Å². The number of esters is 1. The fraction of sp³-hybridized carbons (Fsp3) is 0.750. The molecule has 0 amide bonds. The van der Waals surface area contributed by atoms with Crippen molar-refractivity contribution < 1.29 is 27.2 Å². The monoisotopic (exact) mass is 292 g/mol. The average molecular weight is 292 g/mol. The maximum atomic E-state index is 11.2. The SMILES string of the molecule is C=C(C)C(=O)OCCO[Si](OCC)(OCC)OCC. The molecular formula is C12H24O6Si. The summed E-state index contributed by atoms with van der Waals surface area (Å²) in [6.45, 7) is 12.1. The molecule has 0 rings (SSSR count). The largest absolute Gasteiger partial charge is 0.679 e. The van der Waals surface area contributed by atoms with Crippen molar-refractivity contribution in [2.24, 2.45) is 0 Å². The summed E-state index contributed by atoms with van der Waals surface area (Å²) >= 11 is 0. The molecule has 6 nitrogen and oxygen atoms in total. The van der Waals surface area contributed by atoms with E-state index in [1.165, 1.54) is 0 Å². The van der Waals surface area contributed by atoms with E-state index in [4.69, 9.17) is 22.4 Å². The Morgan fingerprint density at radius 3 is 1.79 bits per heavy atom. The summed E-state index contributed by atoms with van der Waals surface area (Å²) in [6.07, 6.45) is 0. The summed E-state index contributed by atoms with van der Waals surface area (Å²) in [6, 6.07) is 0. The number of carbonyl (C=O) groups excluding carboxylic acids is 1. The highest BCUT2D eigenvalue weighted by atomic mass is 28.4. The summed E-state index contributed by atoms with van der Waals surface area (Å²) in [5, 5.41) is 0. The molecule has 112 valence electrons. The second-order valence-corrected chi connectivity index (χ2v) is 5.72. The summed E-state index contributed by atoms with van der Waals surface area (Å²) in [4.78, 5) is 11.2. The van der Waals surface area contributed by atoms with Gasteiger partial charge in [-0.3, -0.25) is 0 Å². The van der Waals surface area contributed by atoms with Crippen molar-refractivity contribution >= 4 is 15.0 Å². The molecule has 0 aliphatic rings. The first-order valence-electron chi connectivity index (χ1n) is 6.39. The van der Waals surface area contributed by atoms with Crippen LogP contribution >= 0.6 is 0 Å². The third-order valence-corrected chi connectivity index (χ3v) is 4.39. The second kappa shape index (κ2) is 10.1. The minimum Gasteiger partial charge on any atom is -0.460 e. The lowest BCUT2D eigenvalue weighted by Gasteiger charge is -2.26. The quantitative estimate of drug-likeness (QED) is 0.250. The van der Waals surface area contributed by atoms with Crippen molar-refractivity contribution in [3.05, 3.63) is 12.2 Å². The lowest BCUT2D eigenvalue weighted by Crippen LogP contribution is -2.50. The van der Waals surface area contributed by atoms with Crippen LogP contribution in [0.25, 0.3) is 0 Å². The van der Waals surface area contributed by atoms with Gasteiger partial charge in [-0.25, -0.2) is 4.79 Å². The Labute approximate surface area is 116 Å². The lowest BCUT2D eigenvalue weighted by molar-refractivity contribution is -0.140. The zero-order chi connectivity index (χ0) is 14.7.